The Bertz CT molecular complexity index is 477. The minimum Gasteiger partial charge on any atom is -0.338 e. The number of carbonyl (C=O) groups is 1. The third kappa shape index (κ3) is 1.81. The molecule has 2 fully saturated rings. The maximum atomic E-state index is 13.6. The third-order valence-corrected chi connectivity index (χ3v) is 4.30. The Hall–Kier alpha value is -1.42. The summed E-state index contributed by atoms with van der Waals surface area (Å²) in [7, 11) is 0. The third-order valence-electron chi connectivity index (χ3n) is 4.30. The number of halogens is 1. The zero-order chi connectivity index (χ0) is 12.7. The summed E-state index contributed by atoms with van der Waals surface area (Å²) in [5.74, 6) is 0.273. The topological polar surface area (TPSA) is 46.3 Å². The lowest BCUT2D eigenvalue weighted by atomic mass is 9.98. The van der Waals surface area contributed by atoms with Gasteiger partial charge in [-0.3, -0.25) is 4.79 Å². The van der Waals surface area contributed by atoms with Gasteiger partial charge in [0.2, 0.25) is 0 Å². The van der Waals surface area contributed by atoms with E-state index in [1.807, 2.05) is 0 Å². The summed E-state index contributed by atoms with van der Waals surface area (Å²) < 4.78 is 13.6. The lowest BCUT2D eigenvalue weighted by Crippen LogP contribution is -2.33. The average molecular weight is 248 g/mol. The number of nitrogens with zero attached hydrogens (tertiary/aromatic N) is 1. The van der Waals surface area contributed by atoms with E-state index in [-0.39, 0.29) is 17.5 Å². The molecule has 1 aliphatic carbocycles. The summed E-state index contributed by atoms with van der Waals surface area (Å²) in [6.07, 6.45) is 2.14. The van der Waals surface area contributed by atoms with E-state index in [4.69, 9.17) is 5.73 Å². The molecule has 1 saturated carbocycles. The van der Waals surface area contributed by atoms with Crippen LogP contribution in [-0.4, -0.2) is 29.9 Å². The van der Waals surface area contributed by atoms with Gasteiger partial charge in [-0.2, -0.15) is 0 Å². The Labute approximate surface area is 106 Å². The summed E-state index contributed by atoms with van der Waals surface area (Å²) in [6.45, 7) is 1.41. The molecule has 2 N–H and O–H groups in total. The van der Waals surface area contributed by atoms with E-state index >= 15 is 0 Å². The molecular formula is C14H17FN2O. The first-order valence-corrected chi connectivity index (χ1v) is 6.46. The van der Waals surface area contributed by atoms with Crippen LogP contribution in [-0.2, 0) is 0 Å². The van der Waals surface area contributed by atoms with E-state index in [2.05, 4.69) is 0 Å². The number of hydrogen-bond donors (Lipinski definition) is 1. The number of amides is 1. The van der Waals surface area contributed by atoms with Gasteiger partial charge in [0, 0.05) is 19.1 Å². The monoisotopic (exact) mass is 248 g/mol. The number of hydrogen-bond acceptors (Lipinski definition) is 2. The molecule has 3 nitrogen and oxygen atoms in total. The zero-order valence-corrected chi connectivity index (χ0v) is 10.2. The Kier molecular flexibility index (Phi) is 2.82. The van der Waals surface area contributed by atoms with E-state index in [1.54, 1.807) is 23.1 Å². The highest BCUT2D eigenvalue weighted by Crippen LogP contribution is 2.37. The van der Waals surface area contributed by atoms with Crippen LogP contribution < -0.4 is 5.73 Å². The summed E-state index contributed by atoms with van der Waals surface area (Å²) in [4.78, 5) is 14.0. The van der Waals surface area contributed by atoms with Gasteiger partial charge < -0.3 is 10.6 Å². The molecule has 1 saturated heterocycles. The summed E-state index contributed by atoms with van der Waals surface area (Å²) in [5.41, 5.74) is 6.21. The van der Waals surface area contributed by atoms with Crippen LogP contribution in [0, 0.1) is 17.7 Å². The highest BCUT2D eigenvalue weighted by atomic mass is 19.1. The van der Waals surface area contributed by atoms with Crippen molar-refractivity contribution in [1.29, 1.82) is 0 Å². The largest absolute Gasteiger partial charge is 0.338 e. The minimum atomic E-state index is -0.441. The van der Waals surface area contributed by atoms with Crippen LogP contribution in [0.15, 0.2) is 24.3 Å². The van der Waals surface area contributed by atoms with Crippen LogP contribution in [0.5, 0.6) is 0 Å². The molecule has 1 heterocycles. The molecule has 3 atom stereocenters. The predicted molar refractivity (Wildman–Crippen MR) is 66.5 cm³/mol. The molecule has 2 aliphatic rings. The molecule has 1 amide bonds. The number of fused-ring (bicyclic) bond motifs is 1. The lowest BCUT2D eigenvalue weighted by molar-refractivity contribution is 0.0775. The molecule has 96 valence electrons. The number of likely N-dealkylation sites (tertiary alicyclic amines) is 1. The summed E-state index contributed by atoms with van der Waals surface area (Å²) in [5, 5.41) is 0. The van der Waals surface area contributed by atoms with Gasteiger partial charge in [0.05, 0.1) is 5.56 Å². The molecule has 1 aliphatic heterocycles. The van der Waals surface area contributed by atoms with Crippen LogP contribution >= 0.6 is 0 Å². The van der Waals surface area contributed by atoms with Crippen LogP contribution in [0.2, 0.25) is 0 Å². The minimum absolute atomic E-state index is 0.172. The Morgan fingerprint density at radius 1 is 1.28 bits per heavy atom. The molecule has 3 rings (SSSR count). The van der Waals surface area contributed by atoms with Crippen molar-refractivity contribution in [1.82, 2.24) is 4.90 Å². The molecule has 0 bridgehead atoms. The van der Waals surface area contributed by atoms with Gasteiger partial charge in [-0.25, -0.2) is 4.39 Å². The van der Waals surface area contributed by atoms with Crippen molar-refractivity contribution in [2.45, 2.75) is 18.9 Å². The van der Waals surface area contributed by atoms with Crippen molar-refractivity contribution in [2.24, 2.45) is 17.6 Å². The Balaban J connectivity index is 1.78. The first kappa shape index (κ1) is 11.7. The van der Waals surface area contributed by atoms with Gasteiger partial charge in [0.15, 0.2) is 0 Å². The van der Waals surface area contributed by atoms with E-state index in [0.29, 0.717) is 18.4 Å². The predicted octanol–water partition coefficient (Wildman–Crippen LogP) is 1.64. The van der Waals surface area contributed by atoms with Crippen LogP contribution in [0.4, 0.5) is 4.39 Å². The average Bonchev–Trinajstić information content (AvgIpc) is 2.92. The van der Waals surface area contributed by atoms with Crippen LogP contribution in [0.3, 0.4) is 0 Å². The van der Waals surface area contributed by atoms with Crippen molar-refractivity contribution in [2.75, 3.05) is 13.1 Å². The van der Waals surface area contributed by atoms with Crippen LogP contribution in [0.1, 0.15) is 23.2 Å². The van der Waals surface area contributed by atoms with Gasteiger partial charge in [-0.15, -0.1) is 0 Å². The maximum absolute atomic E-state index is 13.6. The molecule has 4 heteroatoms. The van der Waals surface area contributed by atoms with E-state index in [0.717, 1.165) is 19.4 Å². The van der Waals surface area contributed by atoms with Gasteiger partial charge in [0.25, 0.3) is 5.91 Å². The second kappa shape index (κ2) is 4.35. The quantitative estimate of drug-likeness (QED) is 0.821. The summed E-state index contributed by atoms with van der Waals surface area (Å²) >= 11 is 0. The number of nitrogens with two attached hydrogens (primary N) is 1. The first-order valence-electron chi connectivity index (χ1n) is 6.46. The fourth-order valence-corrected chi connectivity index (χ4v) is 3.28. The highest BCUT2D eigenvalue weighted by Gasteiger charge is 2.42. The smallest absolute Gasteiger partial charge is 0.256 e. The fourth-order valence-electron chi connectivity index (χ4n) is 3.28. The molecule has 1 aromatic rings. The second-order valence-electron chi connectivity index (χ2n) is 5.36. The molecular weight excluding hydrogens is 231 g/mol. The molecule has 0 radical (unpaired) electrons. The molecule has 3 unspecified atom stereocenters. The van der Waals surface area contributed by atoms with Gasteiger partial charge in [-0.05, 0) is 36.8 Å². The fraction of sp³-hybridized carbons (Fsp3) is 0.500. The van der Waals surface area contributed by atoms with Crippen molar-refractivity contribution in [3.8, 4) is 0 Å². The zero-order valence-electron chi connectivity index (χ0n) is 10.2. The number of benzene rings is 1. The van der Waals surface area contributed by atoms with Gasteiger partial charge >= 0.3 is 0 Å². The second-order valence-corrected chi connectivity index (χ2v) is 5.36. The Morgan fingerprint density at radius 3 is 2.78 bits per heavy atom. The molecule has 1 aromatic carbocycles. The van der Waals surface area contributed by atoms with Gasteiger partial charge in [-0.1, -0.05) is 12.1 Å². The van der Waals surface area contributed by atoms with E-state index in [9.17, 15) is 9.18 Å². The Morgan fingerprint density at radius 2 is 2.06 bits per heavy atom. The lowest BCUT2D eigenvalue weighted by Gasteiger charge is -2.19. The van der Waals surface area contributed by atoms with E-state index < -0.39 is 5.82 Å². The first-order chi connectivity index (χ1) is 8.66. The SMILES string of the molecule is NC1CCC2CN(C(=O)c3ccccc3F)CC12. The van der Waals surface area contributed by atoms with Gasteiger partial charge in [0.1, 0.15) is 5.82 Å². The highest BCUT2D eigenvalue weighted by molar-refractivity contribution is 5.94. The van der Waals surface area contributed by atoms with E-state index in [1.165, 1.54) is 6.07 Å². The van der Waals surface area contributed by atoms with Crippen LogP contribution in [0.25, 0.3) is 0 Å². The van der Waals surface area contributed by atoms with Crippen molar-refractivity contribution in [3.05, 3.63) is 35.6 Å². The molecule has 0 aromatic heterocycles. The number of carbonyl (C=O) groups excluding carboxylic acids is 1. The summed E-state index contributed by atoms with van der Waals surface area (Å²) in [6, 6.07) is 6.37. The standard InChI is InChI=1S/C14H17FN2O/c15-12-4-2-1-3-10(12)14(18)17-7-9-5-6-13(16)11(9)8-17/h1-4,9,11,13H,5-8,16H2. The van der Waals surface area contributed by atoms with Crippen molar-refractivity contribution < 1.29 is 9.18 Å². The number of rotatable bonds is 1. The van der Waals surface area contributed by atoms with Crippen molar-refractivity contribution >= 4 is 5.91 Å². The molecule has 0 spiro atoms. The normalized spacial score (nSPS) is 30.6. The molecule has 18 heavy (non-hydrogen) atoms. The van der Waals surface area contributed by atoms with Crippen molar-refractivity contribution in [3.63, 3.8) is 0 Å². The maximum Gasteiger partial charge on any atom is 0.256 e.